The van der Waals surface area contributed by atoms with E-state index in [4.69, 9.17) is 11.0 Å². The van der Waals surface area contributed by atoms with Gasteiger partial charge in [0.25, 0.3) is 0 Å². The average Bonchev–Trinajstić information content (AvgIpc) is 2.79. The molecule has 1 fully saturated rings. The quantitative estimate of drug-likeness (QED) is 0.863. The Morgan fingerprint density at radius 3 is 3.00 bits per heavy atom. The van der Waals surface area contributed by atoms with Gasteiger partial charge in [-0.3, -0.25) is 4.90 Å². The van der Waals surface area contributed by atoms with Gasteiger partial charge in [-0.1, -0.05) is 6.07 Å². The van der Waals surface area contributed by atoms with Gasteiger partial charge in [-0.2, -0.15) is 5.26 Å². The highest BCUT2D eigenvalue weighted by Gasteiger charge is 2.23. The zero-order chi connectivity index (χ0) is 12.3. The molecule has 1 saturated heterocycles. The van der Waals surface area contributed by atoms with Gasteiger partial charge in [-0.05, 0) is 31.5 Å². The van der Waals surface area contributed by atoms with Gasteiger partial charge in [0.05, 0.1) is 11.6 Å². The number of hydrogen-bond acceptors (Lipinski definition) is 3. The summed E-state index contributed by atoms with van der Waals surface area (Å²) in [5.74, 6) is -0.299. The van der Waals surface area contributed by atoms with Crippen molar-refractivity contribution < 1.29 is 4.39 Å². The van der Waals surface area contributed by atoms with Crippen LogP contribution in [0, 0.1) is 17.1 Å². The van der Waals surface area contributed by atoms with Crippen LogP contribution in [0.3, 0.4) is 0 Å². The first kappa shape index (κ1) is 12.0. The Morgan fingerprint density at radius 2 is 2.35 bits per heavy atom. The Morgan fingerprint density at radius 1 is 1.53 bits per heavy atom. The van der Waals surface area contributed by atoms with E-state index in [1.165, 1.54) is 6.07 Å². The van der Waals surface area contributed by atoms with E-state index >= 15 is 0 Å². The lowest BCUT2D eigenvalue weighted by Crippen LogP contribution is -2.35. The molecule has 17 heavy (non-hydrogen) atoms. The van der Waals surface area contributed by atoms with Crippen LogP contribution in [0.1, 0.15) is 24.0 Å². The smallest absolute Gasteiger partial charge is 0.129 e. The first-order valence-electron chi connectivity index (χ1n) is 5.87. The van der Waals surface area contributed by atoms with Gasteiger partial charge in [0, 0.05) is 24.7 Å². The largest absolute Gasteiger partial charge is 0.329 e. The van der Waals surface area contributed by atoms with Crippen molar-refractivity contribution in [2.24, 2.45) is 5.73 Å². The molecule has 2 N–H and O–H groups in total. The van der Waals surface area contributed by atoms with Crippen molar-refractivity contribution in [2.75, 3.05) is 13.1 Å². The van der Waals surface area contributed by atoms with Crippen LogP contribution < -0.4 is 5.73 Å². The Bertz CT molecular complexity index is 439. The number of nitrogens with zero attached hydrogens (tertiary/aromatic N) is 2. The first-order valence-corrected chi connectivity index (χ1v) is 5.87. The maximum absolute atomic E-state index is 13.7. The fourth-order valence-electron chi connectivity index (χ4n) is 2.33. The molecule has 1 aliphatic heterocycles. The molecule has 4 heteroatoms. The molecule has 0 aromatic heterocycles. The predicted octanol–water partition coefficient (Wildman–Crippen LogP) is 1.62. The Balaban J connectivity index is 2.11. The number of halogens is 1. The minimum atomic E-state index is -0.299. The normalized spacial score (nSPS) is 20.4. The summed E-state index contributed by atoms with van der Waals surface area (Å²) in [6, 6.07) is 6.95. The summed E-state index contributed by atoms with van der Waals surface area (Å²) in [5, 5.41) is 8.67. The number of rotatable bonds is 3. The van der Waals surface area contributed by atoms with Crippen molar-refractivity contribution in [1.82, 2.24) is 4.90 Å². The number of nitrogens with two attached hydrogens (primary N) is 1. The molecule has 0 saturated carbocycles. The number of hydrogen-bond donors (Lipinski definition) is 1. The van der Waals surface area contributed by atoms with Crippen LogP contribution in [0.25, 0.3) is 0 Å². The van der Waals surface area contributed by atoms with E-state index in [0.29, 0.717) is 30.3 Å². The van der Waals surface area contributed by atoms with Gasteiger partial charge < -0.3 is 5.73 Å². The second-order valence-electron chi connectivity index (χ2n) is 4.42. The molecule has 0 amide bonds. The predicted molar refractivity (Wildman–Crippen MR) is 63.6 cm³/mol. The molecule has 1 aromatic rings. The number of likely N-dealkylation sites (tertiary alicyclic amines) is 1. The van der Waals surface area contributed by atoms with Gasteiger partial charge >= 0.3 is 0 Å². The fourth-order valence-corrected chi connectivity index (χ4v) is 2.33. The van der Waals surface area contributed by atoms with Gasteiger partial charge in [0.1, 0.15) is 5.82 Å². The van der Waals surface area contributed by atoms with Crippen LogP contribution >= 0.6 is 0 Å². The van der Waals surface area contributed by atoms with E-state index in [-0.39, 0.29) is 5.82 Å². The van der Waals surface area contributed by atoms with Crippen LogP contribution in [-0.2, 0) is 6.54 Å². The minimum absolute atomic E-state index is 0.299. The molecular weight excluding hydrogens is 217 g/mol. The van der Waals surface area contributed by atoms with E-state index in [1.54, 1.807) is 12.1 Å². The third kappa shape index (κ3) is 2.63. The highest BCUT2D eigenvalue weighted by Crippen LogP contribution is 2.20. The molecule has 0 aliphatic carbocycles. The molecule has 90 valence electrons. The fraction of sp³-hybridized carbons (Fsp3) is 0.462. The molecule has 1 aliphatic rings. The maximum atomic E-state index is 13.7. The van der Waals surface area contributed by atoms with E-state index in [2.05, 4.69) is 4.90 Å². The van der Waals surface area contributed by atoms with Gasteiger partial charge in [0.15, 0.2) is 0 Å². The Kier molecular flexibility index (Phi) is 3.72. The Hall–Kier alpha value is -1.44. The van der Waals surface area contributed by atoms with Crippen molar-refractivity contribution in [1.29, 1.82) is 5.26 Å². The second-order valence-corrected chi connectivity index (χ2v) is 4.42. The molecule has 2 rings (SSSR count). The lowest BCUT2D eigenvalue weighted by molar-refractivity contribution is 0.247. The van der Waals surface area contributed by atoms with Crippen LogP contribution in [0.15, 0.2) is 18.2 Å². The van der Waals surface area contributed by atoms with Crippen molar-refractivity contribution in [3.63, 3.8) is 0 Å². The van der Waals surface area contributed by atoms with Crippen LogP contribution in [0.4, 0.5) is 4.39 Å². The van der Waals surface area contributed by atoms with Gasteiger partial charge in [0.2, 0.25) is 0 Å². The standard InChI is InChI=1S/C13H16FN3/c14-13-6-10(7-15)3-4-11(13)9-17-5-1-2-12(17)8-16/h3-4,6,12H,1-2,5,8-9,16H2. The summed E-state index contributed by atoms with van der Waals surface area (Å²) in [6.45, 7) is 2.18. The summed E-state index contributed by atoms with van der Waals surface area (Å²) in [6.07, 6.45) is 2.22. The van der Waals surface area contributed by atoms with Crippen molar-refractivity contribution in [3.05, 3.63) is 35.1 Å². The molecule has 1 unspecified atom stereocenters. The molecule has 1 aromatic carbocycles. The second kappa shape index (κ2) is 5.26. The van der Waals surface area contributed by atoms with Gasteiger partial charge in [-0.15, -0.1) is 0 Å². The lowest BCUT2D eigenvalue weighted by atomic mass is 10.1. The van der Waals surface area contributed by atoms with E-state index in [9.17, 15) is 4.39 Å². The SMILES string of the molecule is N#Cc1ccc(CN2CCCC2CN)c(F)c1. The Labute approximate surface area is 101 Å². The molecule has 1 heterocycles. The first-order chi connectivity index (χ1) is 8.24. The van der Waals surface area contributed by atoms with Crippen LogP contribution in [-0.4, -0.2) is 24.0 Å². The zero-order valence-corrected chi connectivity index (χ0v) is 9.69. The van der Waals surface area contributed by atoms with Crippen LogP contribution in [0.5, 0.6) is 0 Å². The van der Waals surface area contributed by atoms with E-state index < -0.39 is 0 Å². The van der Waals surface area contributed by atoms with Crippen molar-refractivity contribution >= 4 is 0 Å². The van der Waals surface area contributed by atoms with E-state index in [0.717, 1.165) is 19.4 Å². The zero-order valence-electron chi connectivity index (χ0n) is 9.69. The number of benzene rings is 1. The third-order valence-electron chi connectivity index (χ3n) is 3.33. The third-order valence-corrected chi connectivity index (χ3v) is 3.33. The molecule has 0 radical (unpaired) electrons. The lowest BCUT2D eigenvalue weighted by Gasteiger charge is -2.23. The summed E-state index contributed by atoms with van der Waals surface area (Å²) in [5.41, 5.74) is 6.69. The molecular formula is C13H16FN3. The summed E-state index contributed by atoms with van der Waals surface area (Å²) < 4.78 is 13.7. The van der Waals surface area contributed by atoms with Crippen molar-refractivity contribution in [3.8, 4) is 6.07 Å². The maximum Gasteiger partial charge on any atom is 0.129 e. The number of nitriles is 1. The van der Waals surface area contributed by atoms with Crippen LogP contribution in [0.2, 0.25) is 0 Å². The molecule has 1 atom stereocenters. The van der Waals surface area contributed by atoms with Gasteiger partial charge in [-0.25, -0.2) is 4.39 Å². The molecule has 3 nitrogen and oxygen atoms in total. The monoisotopic (exact) mass is 233 g/mol. The van der Waals surface area contributed by atoms with E-state index in [1.807, 2.05) is 6.07 Å². The average molecular weight is 233 g/mol. The summed E-state index contributed by atoms with van der Waals surface area (Å²) in [4.78, 5) is 2.21. The topological polar surface area (TPSA) is 53.0 Å². The highest BCUT2D eigenvalue weighted by atomic mass is 19.1. The summed E-state index contributed by atoms with van der Waals surface area (Å²) in [7, 11) is 0. The molecule has 0 bridgehead atoms. The molecule has 0 spiro atoms. The highest BCUT2D eigenvalue weighted by molar-refractivity contribution is 5.32. The minimum Gasteiger partial charge on any atom is -0.329 e. The van der Waals surface area contributed by atoms with Crippen molar-refractivity contribution in [2.45, 2.75) is 25.4 Å². The summed E-state index contributed by atoms with van der Waals surface area (Å²) >= 11 is 0.